The number of Topliss-reactive ketones (excluding diaryl/α,β-unsaturated/α-hetero) is 1. The van der Waals surface area contributed by atoms with Crippen molar-refractivity contribution in [2.24, 2.45) is 5.92 Å². The molecular formula is C8H16Cl2O. The number of hydrogen-bond donors (Lipinski definition) is 0. The summed E-state index contributed by atoms with van der Waals surface area (Å²) in [6.45, 7) is 7.41. The van der Waals surface area contributed by atoms with Gasteiger partial charge in [-0.3, -0.25) is 0 Å². The molecule has 0 aliphatic heterocycles. The van der Waals surface area contributed by atoms with Gasteiger partial charge >= 0.3 is 0 Å². The van der Waals surface area contributed by atoms with E-state index in [1.54, 1.807) is 13.8 Å². The average Bonchev–Trinajstić information content (AvgIpc) is 1.56. The first-order valence-corrected chi connectivity index (χ1v) is 4.51. The predicted molar refractivity (Wildman–Crippen MR) is 51.3 cm³/mol. The highest BCUT2D eigenvalue weighted by Crippen LogP contribution is 1.97. The van der Waals surface area contributed by atoms with E-state index in [0.29, 0.717) is 5.92 Å². The van der Waals surface area contributed by atoms with Crippen molar-refractivity contribution >= 4 is 29.0 Å². The molecule has 0 aliphatic carbocycles. The number of carbonyl (C=O) groups is 1. The van der Waals surface area contributed by atoms with Crippen molar-refractivity contribution in [2.75, 3.05) is 0 Å². The van der Waals surface area contributed by atoms with Gasteiger partial charge in [-0.05, 0) is 19.8 Å². The largest absolute Gasteiger partial charge is 0.300 e. The summed E-state index contributed by atoms with van der Waals surface area (Å²) in [5.41, 5.74) is 0. The van der Waals surface area contributed by atoms with Crippen molar-refractivity contribution in [3.8, 4) is 0 Å². The lowest BCUT2D eigenvalue weighted by atomic mass is 10.1. The van der Waals surface area contributed by atoms with Crippen LogP contribution in [0.2, 0.25) is 0 Å². The second-order valence-electron chi connectivity index (χ2n) is 2.82. The Labute approximate surface area is 79.1 Å². The maximum atomic E-state index is 10.3. The summed E-state index contributed by atoms with van der Waals surface area (Å²) in [5, 5.41) is 0. The molecule has 0 aromatic heterocycles. The number of ketones is 1. The summed E-state index contributed by atoms with van der Waals surface area (Å²) in [6.07, 6.45) is 0.722. The SMILES string of the molecule is CC(=O)CC(C)C.CC(Cl)Cl. The summed E-state index contributed by atoms with van der Waals surface area (Å²) in [7, 11) is 0. The molecule has 0 N–H and O–H groups in total. The van der Waals surface area contributed by atoms with Crippen LogP contribution in [0.15, 0.2) is 0 Å². The highest BCUT2D eigenvalue weighted by atomic mass is 35.5. The first kappa shape index (κ1) is 13.8. The molecule has 68 valence electrons. The van der Waals surface area contributed by atoms with Gasteiger partial charge in [0.1, 0.15) is 10.6 Å². The van der Waals surface area contributed by atoms with E-state index in [1.165, 1.54) is 0 Å². The minimum Gasteiger partial charge on any atom is -0.300 e. The van der Waals surface area contributed by atoms with E-state index in [9.17, 15) is 4.79 Å². The molecule has 0 aromatic rings. The number of hydrogen-bond acceptors (Lipinski definition) is 1. The Kier molecular flexibility index (Phi) is 10.5. The summed E-state index contributed by atoms with van der Waals surface area (Å²) >= 11 is 10.1. The lowest BCUT2D eigenvalue weighted by Gasteiger charge is -1.95. The van der Waals surface area contributed by atoms with Crippen LogP contribution in [0.25, 0.3) is 0 Å². The maximum absolute atomic E-state index is 10.3. The van der Waals surface area contributed by atoms with Gasteiger partial charge in [0.25, 0.3) is 0 Å². The van der Waals surface area contributed by atoms with Crippen LogP contribution in [0.5, 0.6) is 0 Å². The molecule has 0 saturated carbocycles. The third kappa shape index (κ3) is 38.6. The van der Waals surface area contributed by atoms with Crippen LogP contribution in [0.1, 0.15) is 34.1 Å². The Morgan fingerprint density at radius 1 is 1.27 bits per heavy atom. The van der Waals surface area contributed by atoms with Gasteiger partial charge in [-0.15, -0.1) is 23.2 Å². The second kappa shape index (κ2) is 8.35. The topological polar surface area (TPSA) is 17.1 Å². The summed E-state index contributed by atoms with van der Waals surface area (Å²) < 4.78 is 0. The third-order valence-corrected chi connectivity index (χ3v) is 0.696. The van der Waals surface area contributed by atoms with Crippen LogP contribution < -0.4 is 0 Å². The molecule has 0 unspecified atom stereocenters. The highest BCUT2D eigenvalue weighted by molar-refractivity contribution is 6.43. The molecule has 3 heteroatoms. The van der Waals surface area contributed by atoms with Crippen LogP contribution in [0.3, 0.4) is 0 Å². The quantitative estimate of drug-likeness (QED) is 0.622. The van der Waals surface area contributed by atoms with Gasteiger partial charge in [0, 0.05) is 6.42 Å². The molecule has 0 aromatic carbocycles. The van der Waals surface area contributed by atoms with Crippen LogP contribution in [-0.2, 0) is 4.79 Å². The zero-order chi connectivity index (χ0) is 9.44. The second-order valence-corrected chi connectivity index (χ2v) is 4.35. The van der Waals surface area contributed by atoms with E-state index in [0.717, 1.165) is 6.42 Å². The van der Waals surface area contributed by atoms with Crippen molar-refractivity contribution < 1.29 is 4.79 Å². The fraction of sp³-hybridized carbons (Fsp3) is 0.875. The van der Waals surface area contributed by atoms with Crippen molar-refractivity contribution in [3.05, 3.63) is 0 Å². The number of carbonyl (C=O) groups excluding carboxylic acids is 1. The van der Waals surface area contributed by atoms with Crippen molar-refractivity contribution in [2.45, 2.75) is 39.0 Å². The summed E-state index contributed by atoms with van der Waals surface area (Å²) in [5.74, 6) is 0.813. The molecule has 0 saturated heterocycles. The summed E-state index contributed by atoms with van der Waals surface area (Å²) in [4.78, 5) is 10.0. The first-order valence-electron chi connectivity index (χ1n) is 3.63. The molecule has 1 nitrogen and oxygen atoms in total. The van der Waals surface area contributed by atoms with Crippen molar-refractivity contribution in [3.63, 3.8) is 0 Å². The molecule has 0 atom stereocenters. The Bertz CT molecular complexity index is 97.5. The van der Waals surface area contributed by atoms with E-state index in [1.807, 2.05) is 13.8 Å². The molecule has 0 fully saturated rings. The summed E-state index contributed by atoms with van der Waals surface area (Å²) in [6, 6.07) is 0. The number of rotatable bonds is 2. The van der Waals surface area contributed by atoms with E-state index in [-0.39, 0.29) is 10.6 Å². The standard InChI is InChI=1S/C6H12O.C2H4Cl2/c1-5(2)4-6(3)7;1-2(3)4/h5H,4H2,1-3H3;2H,1H3. The van der Waals surface area contributed by atoms with Crippen LogP contribution in [0.4, 0.5) is 0 Å². The fourth-order valence-electron chi connectivity index (χ4n) is 0.575. The highest BCUT2D eigenvalue weighted by Gasteiger charge is 1.95. The van der Waals surface area contributed by atoms with E-state index in [2.05, 4.69) is 0 Å². The maximum Gasteiger partial charge on any atom is 0.130 e. The molecular weight excluding hydrogens is 183 g/mol. The Balaban J connectivity index is 0. The van der Waals surface area contributed by atoms with Gasteiger partial charge in [0.15, 0.2) is 0 Å². The zero-order valence-electron chi connectivity index (χ0n) is 7.53. The molecule has 0 amide bonds. The van der Waals surface area contributed by atoms with Gasteiger partial charge in [0.05, 0.1) is 0 Å². The molecule has 0 aliphatic rings. The molecule has 0 spiro atoms. The van der Waals surface area contributed by atoms with Gasteiger partial charge in [0.2, 0.25) is 0 Å². The van der Waals surface area contributed by atoms with Gasteiger partial charge in [-0.2, -0.15) is 0 Å². The van der Waals surface area contributed by atoms with Gasteiger partial charge < -0.3 is 4.79 Å². The Morgan fingerprint density at radius 2 is 1.55 bits per heavy atom. The lowest BCUT2D eigenvalue weighted by molar-refractivity contribution is -0.117. The smallest absolute Gasteiger partial charge is 0.130 e. The zero-order valence-corrected chi connectivity index (χ0v) is 9.04. The number of halogens is 2. The van der Waals surface area contributed by atoms with Gasteiger partial charge in [-0.1, -0.05) is 13.8 Å². The van der Waals surface area contributed by atoms with Crippen LogP contribution in [-0.4, -0.2) is 10.6 Å². The van der Waals surface area contributed by atoms with Crippen LogP contribution >= 0.6 is 23.2 Å². The monoisotopic (exact) mass is 198 g/mol. The minimum absolute atomic E-state index is 0.222. The first-order chi connectivity index (χ1) is 4.86. The third-order valence-electron chi connectivity index (χ3n) is 0.696. The Hall–Kier alpha value is 0.250. The molecule has 0 heterocycles. The Morgan fingerprint density at radius 3 is 1.55 bits per heavy atom. The van der Waals surface area contributed by atoms with Crippen molar-refractivity contribution in [1.29, 1.82) is 0 Å². The van der Waals surface area contributed by atoms with E-state index >= 15 is 0 Å². The lowest BCUT2D eigenvalue weighted by Crippen LogP contribution is -1.95. The van der Waals surface area contributed by atoms with E-state index < -0.39 is 0 Å². The predicted octanol–water partition coefficient (Wildman–Crippen LogP) is 3.43. The van der Waals surface area contributed by atoms with Crippen molar-refractivity contribution in [1.82, 2.24) is 0 Å². The molecule has 11 heavy (non-hydrogen) atoms. The van der Waals surface area contributed by atoms with Gasteiger partial charge in [-0.25, -0.2) is 0 Å². The molecule has 0 rings (SSSR count). The average molecular weight is 199 g/mol. The van der Waals surface area contributed by atoms with E-state index in [4.69, 9.17) is 23.2 Å². The normalized spacial score (nSPS) is 9.45. The fourth-order valence-corrected chi connectivity index (χ4v) is 0.575. The number of alkyl halides is 2. The minimum atomic E-state index is -0.222. The van der Waals surface area contributed by atoms with Crippen LogP contribution in [0, 0.1) is 5.92 Å². The molecule has 0 bridgehead atoms. The molecule has 0 radical (unpaired) electrons.